The van der Waals surface area contributed by atoms with Crippen LogP contribution in [0.1, 0.15) is 24.8 Å². The van der Waals surface area contributed by atoms with Crippen molar-refractivity contribution in [1.82, 2.24) is 5.32 Å². The fourth-order valence-electron chi connectivity index (χ4n) is 2.42. The summed E-state index contributed by atoms with van der Waals surface area (Å²) in [5.74, 6) is 1.60. The van der Waals surface area contributed by atoms with Crippen molar-refractivity contribution in [3.05, 3.63) is 23.8 Å². The molecule has 0 radical (unpaired) electrons. The van der Waals surface area contributed by atoms with Crippen LogP contribution in [-0.4, -0.2) is 31.5 Å². The van der Waals surface area contributed by atoms with Gasteiger partial charge < -0.3 is 19.9 Å². The molecule has 0 heterocycles. The van der Waals surface area contributed by atoms with E-state index in [1.165, 1.54) is 0 Å². The van der Waals surface area contributed by atoms with Crippen molar-refractivity contribution in [1.29, 1.82) is 0 Å². The third-order valence-corrected chi connectivity index (χ3v) is 3.53. The summed E-state index contributed by atoms with van der Waals surface area (Å²) in [5.41, 5.74) is 1.08. The maximum atomic E-state index is 9.76. The van der Waals surface area contributed by atoms with Crippen molar-refractivity contribution in [2.75, 3.05) is 14.2 Å². The van der Waals surface area contributed by atoms with Gasteiger partial charge in [-0.1, -0.05) is 6.07 Å². The summed E-state index contributed by atoms with van der Waals surface area (Å²) in [4.78, 5) is 0. The van der Waals surface area contributed by atoms with E-state index >= 15 is 0 Å². The van der Waals surface area contributed by atoms with Crippen LogP contribution in [0.5, 0.6) is 11.5 Å². The Morgan fingerprint density at radius 3 is 2.72 bits per heavy atom. The number of hydrogen-bond donors (Lipinski definition) is 2. The Labute approximate surface area is 108 Å². The van der Waals surface area contributed by atoms with E-state index in [-0.39, 0.29) is 12.1 Å². The molecular weight excluding hydrogens is 230 g/mol. The fourth-order valence-corrected chi connectivity index (χ4v) is 2.42. The van der Waals surface area contributed by atoms with Gasteiger partial charge >= 0.3 is 0 Å². The first-order valence-electron chi connectivity index (χ1n) is 6.37. The van der Waals surface area contributed by atoms with Gasteiger partial charge in [0.1, 0.15) is 11.5 Å². The van der Waals surface area contributed by atoms with Crippen LogP contribution in [-0.2, 0) is 6.54 Å². The topological polar surface area (TPSA) is 50.7 Å². The van der Waals surface area contributed by atoms with Crippen molar-refractivity contribution in [3.8, 4) is 11.5 Å². The van der Waals surface area contributed by atoms with Crippen molar-refractivity contribution in [3.63, 3.8) is 0 Å². The molecule has 0 spiro atoms. The molecule has 2 rings (SSSR count). The Kier molecular flexibility index (Phi) is 4.44. The average molecular weight is 251 g/mol. The van der Waals surface area contributed by atoms with Crippen molar-refractivity contribution in [2.24, 2.45) is 0 Å². The molecule has 4 heteroatoms. The second-order valence-corrected chi connectivity index (χ2v) is 4.66. The van der Waals surface area contributed by atoms with E-state index in [0.717, 1.165) is 36.3 Å². The Balaban J connectivity index is 2.00. The highest BCUT2D eigenvalue weighted by Crippen LogP contribution is 2.25. The van der Waals surface area contributed by atoms with Gasteiger partial charge in [0, 0.05) is 24.2 Å². The smallest absolute Gasteiger partial charge is 0.127 e. The second-order valence-electron chi connectivity index (χ2n) is 4.66. The molecule has 1 saturated carbocycles. The number of aliphatic hydroxyl groups is 1. The highest BCUT2D eigenvalue weighted by molar-refractivity contribution is 5.40. The molecule has 2 N–H and O–H groups in total. The first-order valence-corrected chi connectivity index (χ1v) is 6.37. The minimum absolute atomic E-state index is 0.205. The van der Waals surface area contributed by atoms with Gasteiger partial charge in [-0.2, -0.15) is 0 Å². The van der Waals surface area contributed by atoms with Gasteiger partial charge in [0.15, 0.2) is 0 Å². The number of benzene rings is 1. The predicted molar refractivity (Wildman–Crippen MR) is 70.0 cm³/mol. The number of aliphatic hydroxyl groups excluding tert-OH is 1. The molecule has 0 saturated heterocycles. The summed E-state index contributed by atoms with van der Waals surface area (Å²) in [6.07, 6.45) is 2.82. The van der Waals surface area contributed by atoms with E-state index in [1.54, 1.807) is 14.2 Å². The second kappa shape index (κ2) is 6.07. The molecule has 1 aliphatic rings. The predicted octanol–water partition coefficient (Wildman–Crippen LogP) is 1.71. The third-order valence-electron chi connectivity index (χ3n) is 3.53. The minimum atomic E-state index is -0.214. The highest BCUT2D eigenvalue weighted by atomic mass is 16.5. The van der Waals surface area contributed by atoms with Crippen molar-refractivity contribution < 1.29 is 14.6 Å². The molecule has 1 aromatic rings. The standard InChI is InChI=1S/C14H21NO3/c1-17-11-7-6-10(14(8-11)18-2)9-15-12-4-3-5-13(12)16/h6-8,12-13,15-16H,3-5,9H2,1-2H3/t12-,13+/m0/s1. The van der Waals surface area contributed by atoms with Gasteiger partial charge in [-0.15, -0.1) is 0 Å². The number of rotatable bonds is 5. The zero-order chi connectivity index (χ0) is 13.0. The van der Waals surface area contributed by atoms with Gasteiger partial charge in [0.25, 0.3) is 0 Å². The van der Waals surface area contributed by atoms with E-state index in [9.17, 15) is 5.11 Å². The van der Waals surface area contributed by atoms with E-state index in [2.05, 4.69) is 5.32 Å². The van der Waals surface area contributed by atoms with E-state index in [1.807, 2.05) is 18.2 Å². The molecule has 4 nitrogen and oxygen atoms in total. The molecular formula is C14H21NO3. The van der Waals surface area contributed by atoms with Gasteiger partial charge in [-0.05, 0) is 25.3 Å². The van der Waals surface area contributed by atoms with Gasteiger partial charge in [0.2, 0.25) is 0 Å². The Hall–Kier alpha value is -1.26. The Morgan fingerprint density at radius 1 is 1.28 bits per heavy atom. The summed E-state index contributed by atoms with van der Waals surface area (Å²) < 4.78 is 10.5. The molecule has 100 valence electrons. The molecule has 0 amide bonds. The van der Waals surface area contributed by atoms with Gasteiger partial charge in [-0.25, -0.2) is 0 Å². The highest BCUT2D eigenvalue weighted by Gasteiger charge is 2.24. The molecule has 0 aromatic heterocycles. The molecule has 1 aliphatic carbocycles. The zero-order valence-corrected chi connectivity index (χ0v) is 11.0. The maximum absolute atomic E-state index is 9.76. The average Bonchev–Trinajstić information content (AvgIpc) is 2.81. The van der Waals surface area contributed by atoms with Crippen LogP contribution in [0.25, 0.3) is 0 Å². The Bertz CT molecular complexity index is 395. The Morgan fingerprint density at radius 2 is 2.11 bits per heavy atom. The lowest BCUT2D eigenvalue weighted by Gasteiger charge is -2.17. The summed E-state index contributed by atoms with van der Waals surface area (Å²) in [5, 5.41) is 13.2. The van der Waals surface area contributed by atoms with E-state index in [0.29, 0.717) is 6.54 Å². The summed E-state index contributed by atoms with van der Waals surface area (Å²) in [6, 6.07) is 6.00. The summed E-state index contributed by atoms with van der Waals surface area (Å²) in [7, 11) is 3.30. The number of methoxy groups -OCH3 is 2. The van der Waals surface area contributed by atoms with E-state index in [4.69, 9.17) is 9.47 Å². The lowest BCUT2D eigenvalue weighted by molar-refractivity contribution is 0.148. The van der Waals surface area contributed by atoms with Crippen LogP contribution in [0.15, 0.2) is 18.2 Å². The normalized spacial score (nSPS) is 23.1. The monoisotopic (exact) mass is 251 g/mol. The zero-order valence-electron chi connectivity index (χ0n) is 11.0. The molecule has 1 aromatic carbocycles. The first kappa shape index (κ1) is 13.2. The molecule has 0 aliphatic heterocycles. The summed E-state index contributed by atoms with van der Waals surface area (Å²) >= 11 is 0. The third kappa shape index (κ3) is 2.94. The molecule has 2 atom stereocenters. The van der Waals surface area contributed by atoms with Crippen LogP contribution >= 0.6 is 0 Å². The van der Waals surface area contributed by atoms with Crippen molar-refractivity contribution >= 4 is 0 Å². The first-order chi connectivity index (χ1) is 8.74. The lowest BCUT2D eigenvalue weighted by atomic mass is 10.1. The number of ether oxygens (including phenoxy) is 2. The van der Waals surface area contributed by atoms with Crippen molar-refractivity contribution in [2.45, 2.75) is 38.0 Å². The van der Waals surface area contributed by atoms with Crippen LogP contribution in [0.3, 0.4) is 0 Å². The maximum Gasteiger partial charge on any atom is 0.127 e. The number of nitrogens with one attached hydrogen (secondary N) is 1. The van der Waals surface area contributed by atoms with Gasteiger partial charge in [0.05, 0.1) is 20.3 Å². The fraction of sp³-hybridized carbons (Fsp3) is 0.571. The van der Waals surface area contributed by atoms with Crippen LogP contribution in [0.2, 0.25) is 0 Å². The van der Waals surface area contributed by atoms with Crippen LogP contribution in [0.4, 0.5) is 0 Å². The van der Waals surface area contributed by atoms with Crippen LogP contribution in [0, 0.1) is 0 Å². The minimum Gasteiger partial charge on any atom is -0.497 e. The van der Waals surface area contributed by atoms with Crippen LogP contribution < -0.4 is 14.8 Å². The molecule has 0 unspecified atom stereocenters. The van der Waals surface area contributed by atoms with E-state index < -0.39 is 0 Å². The molecule has 0 bridgehead atoms. The summed E-state index contributed by atoms with van der Waals surface area (Å²) in [6.45, 7) is 0.703. The lowest BCUT2D eigenvalue weighted by Crippen LogP contribution is -2.35. The number of hydrogen-bond acceptors (Lipinski definition) is 4. The molecule has 1 fully saturated rings. The molecule has 18 heavy (non-hydrogen) atoms. The SMILES string of the molecule is COc1ccc(CN[C@H]2CCC[C@H]2O)c(OC)c1. The quantitative estimate of drug-likeness (QED) is 0.836. The largest absolute Gasteiger partial charge is 0.497 e. The van der Waals surface area contributed by atoms with Gasteiger partial charge in [-0.3, -0.25) is 0 Å².